The van der Waals surface area contributed by atoms with Crippen molar-refractivity contribution in [1.29, 1.82) is 0 Å². The Morgan fingerprint density at radius 2 is 1.87 bits per heavy atom. The molecule has 23 heavy (non-hydrogen) atoms. The zero-order valence-corrected chi connectivity index (χ0v) is 12.9. The lowest BCUT2D eigenvalue weighted by Crippen LogP contribution is -2.33. The number of carbonyl (C=O) groups is 2. The van der Waals surface area contributed by atoms with E-state index in [1.54, 1.807) is 30.1 Å². The molecule has 0 saturated carbocycles. The predicted octanol–water partition coefficient (Wildman–Crippen LogP) is 2.47. The SMILES string of the molecule is CNc1ccccc1C(=O)OCC(=O)N1CCc2ccccc21. The van der Waals surface area contributed by atoms with Gasteiger partial charge in [-0.3, -0.25) is 4.79 Å². The molecule has 0 spiro atoms. The van der Waals surface area contributed by atoms with Crippen LogP contribution >= 0.6 is 0 Å². The summed E-state index contributed by atoms with van der Waals surface area (Å²) < 4.78 is 5.19. The van der Waals surface area contributed by atoms with Crippen molar-refractivity contribution in [1.82, 2.24) is 0 Å². The van der Waals surface area contributed by atoms with Crippen molar-refractivity contribution in [3.05, 3.63) is 59.7 Å². The number of anilines is 2. The highest BCUT2D eigenvalue weighted by molar-refractivity contribution is 6.00. The summed E-state index contributed by atoms with van der Waals surface area (Å²) in [6, 6.07) is 14.8. The van der Waals surface area contributed by atoms with Crippen LogP contribution in [0.5, 0.6) is 0 Å². The third kappa shape index (κ3) is 3.04. The molecule has 0 aliphatic carbocycles. The van der Waals surface area contributed by atoms with E-state index in [0.29, 0.717) is 17.8 Å². The lowest BCUT2D eigenvalue weighted by atomic mass is 10.2. The summed E-state index contributed by atoms with van der Waals surface area (Å²) in [4.78, 5) is 26.2. The molecule has 0 aromatic heterocycles. The van der Waals surface area contributed by atoms with Crippen LogP contribution in [0.15, 0.2) is 48.5 Å². The first-order valence-electron chi connectivity index (χ1n) is 7.53. The van der Waals surface area contributed by atoms with Crippen LogP contribution < -0.4 is 10.2 Å². The molecule has 0 atom stereocenters. The van der Waals surface area contributed by atoms with Crippen LogP contribution in [0.25, 0.3) is 0 Å². The Kier molecular flexibility index (Phi) is 4.28. The number of hydrogen-bond acceptors (Lipinski definition) is 4. The summed E-state index contributed by atoms with van der Waals surface area (Å²) in [5.41, 5.74) is 3.15. The topological polar surface area (TPSA) is 58.6 Å². The summed E-state index contributed by atoms with van der Waals surface area (Å²) in [5.74, 6) is -0.707. The Morgan fingerprint density at radius 3 is 2.70 bits per heavy atom. The third-order valence-electron chi connectivity index (χ3n) is 3.93. The maximum absolute atomic E-state index is 12.3. The molecule has 0 fully saturated rings. The average molecular weight is 310 g/mol. The van der Waals surface area contributed by atoms with Crippen LogP contribution in [-0.2, 0) is 16.0 Å². The van der Waals surface area contributed by atoms with Gasteiger partial charge in [-0.05, 0) is 30.2 Å². The standard InChI is InChI=1S/C18H18N2O3/c1-19-15-8-4-3-7-14(15)18(22)23-12-17(21)20-11-10-13-6-2-5-9-16(13)20/h2-9,19H,10-12H2,1H3. The van der Waals surface area contributed by atoms with Gasteiger partial charge in [0.2, 0.25) is 0 Å². The number of hydrogen-bond donors (Lipinski definition) is 1. The van der Waals surface area contributed by atoms with E-state index < -0.39 is 5.97 Å². The maximum atomic E-state index is 12.3. The zero-order chi connectivity index (χ0) is 16.2. The van der Waals surface area contributed by atoms with Gasteiger partial charge in [0, 0.05) is 25.0 Å². The summed E-state index contributed by atoms with van der Waals surface area (Å²) >= 11 is 0. The number of rotatable bonds is 4. The fourth-order valence-electron chi connectivity index (χ4n) is 2.76. The van der Waals surface area contributed by atoms with Gasteiger partial charge in [-0.2, -0.15) is 0 Å². The smallest absolute Gasteiger partial charge is 0.340 e. The van der Waals surface area contributed by atoms with E-state index in [1.165, 1.54) is 0 Å². The first kappa shape index (κ1) is 15.1. The van der Waals surface area contributed by atoms with E-state index in [-0.39, 0.29) is 12.5 Å². The van der Waals surface area contributed by atoms with E-state index in [1.807, 2.05) is 30.3 Å². The second-order valence-electron chi connectivity index (χ2n) is 5.30. The highest BCUT2D eigenvalue weighted by Crippen LogP contribution is 2.27. The molecule has 0 bridgehead atoms. The second kappa shape index (κ2) is 6.52. The van der Waals surface area contributed by atoms with Crippen molar-refractivity contribution in [3.8, 4) is 0 Å². The van der Waals surface area contributed by atoms with Gasteiger partial charge in [0.05, 0.1) is 5.56 Å². The number of para-hydroxylation sites is 2. The van der Waals surface area contributed by atoms with Crippen molar-refractivity contribution in [2.45, 2.75) is 6.42 Å². The lowest BCUT2D eigenvalue weighted by molar-refractivity contribution is -0.121. The summed E-state index contributed by atoms with van der Waals surface area (Å²) in [6.45, 7) is 0.369. The van der Waals surface area contributed by atoms with Gasteiger partial charge in [-0.1, -0.05) is 30.3 Å². The van der Waals surface area contributed by atoms with Crippen LogP contribution in [0, 0.1) is 0 Å². The highest BCUT2D eigenvalue weighted by Gasteiger charge is 2.25. The molecule has 1 aliphatic heterocycles. The number of esters is 1. The lowest BCUT2D eigenvalue weighted by Gasteiger charge is -2.17. The molecular weight excluding hydrogens is 292 g/mol. The monoisotopic (exact) mass is 310 g/mol. The highest BCUT2D eigenvalue weighted by atomic mass is 16.5. The molecule has 5 nitrogen and oxygen atoms in total. The first-order valence-corrected chi connectivity index (χ1v) is 7.53. The minimum absolute atomic E-state index is 0.203. The number of ether oxygens (including phenoxy) is 1. The number of carbonyl (C=O) groups excluding carboxylic acids is 2. The Morgan fingerprint density at radius 1 is 1.13 bits per heavy atom. The van der Waals surface area contributed by atoms with Crippen LogP contribution in [-0.4, -0.2) is 32.1 Å². The normalized spacial score (nSPS) is 12.7. The first-order chi connectivity index (χ1) is 11.2. The molecule has 0 unspecified atom stereocenters. The van der Waals surface area contributed by atoms with Gasteiger partial charge in [0.25, 0.3) is 5.91 Å². The molecule has 1 aliphatic rings. The molecule has 2 aromatic carbocycles. The van der Waals surface area contributed by atoms with E-state index in [0.717, 1.165) is 17.7 Å². The summed E-state index contributed by atoms with van der Waals surface area (Å²) in [7, 11) is 1.73. The Bertz CT molecular complexity index is 743. The van der Waals surface area contributed by atoms with E-state index in [4.69, 9.17) is 4.74 Å². The Balaban J connectivity index is 1.65. The van der Waals surface area contributed by atoms with Crippen molar-refractivity contribution in [2.24, 2.45) is 0 Å². The van der Waals surface area contributed by atoms with Gasteiger partial charge >= 0.3 is 5.97 Å². The molecule has 1 heterocycles. The van der Waals surface area contributed by atoms with Crippen molar-refractivity contribution in [3.63, 3.8) is 0 Å². The van der Waals surface area contributed by atoms with E-state index in [9.17, 15) is 9.59 Å². The predicted molar refractivity (Wildman–Crippen MR) is 88.8 cm³/mol. The third-order valence-corrected chi connectivity index (χ3v) is 3.93. The number of amides is 1. The van der Waals surface area contributed by atoms with Gasteiger partial charge in [-0.25, -0.2) is 4.79 Å². The summed E-state index contributed by atoms with van der Waals surface area (Å²) in [5, 5.41) is 2.94. The minimum atomic E-state index is -0.504. The quantitative estimate of drug-likeness (QED) is 0.881. The molecule has 118 valence electrons. The number of nitrogens with zero attached hydrogens (tertiary/aromatic N) is 1. The number of nitrogens with one attached hydrogen (secondary N) is 1. The molecule has 5 heteroatoms. The largest absolute Gasteiger partial charge is 0.452 e. The number of benzene rings is 2. The Labute approximate surface area is 134 Å². The number of fused-ring (bicyclic) bond motifs is 1. The van der Waals surface area contributed by atoms with Crippen molar-refractivity contribution < 1.29 is 14.3 Å². The molecule has 1 N–H and O–H groups in total. The maximum Gasteiger partial charge on any atom is 0.340 e. The second-order valence-corrected chi connectivity index (χ2v) is 5.30. The van der Waals surface area contributed by atoms with Crippen molar-refractivity contribution in [2.75, 3.05) is 30.4 Å². The molecule has 0 radical (unpaired) electrons. The van der Waals surface area contributed by atoms with Gasteiger partial charge < -0.3 is 15.0 Å². The molecule has 3 rings (SSSR count). The fourth-order valence-corrected chi connectivity index (χ4v) is 2.76. The molecule has 2 aromatic rings. The summed E-state index contributed by atoms with van der Waals surface area (Å²) in [6.07, 6.45) is 0.832. The van der Waals surface area contributed by atoms with Gasteiger partial charge in [0.15, 0.2) is 6.61 Å². The Hall–Kier alpha value is -2.82. The van der Waals surface area contributed by atoms with Crippen molar-refractivity contribution >= 4 is 23.3 Å². The zero-order valence-electron chi connectivity index (χ0n) is 12.9. The van der Waals surface area contributed by atoms with Gasteiger partial charge in [0.1, 0.15) is 0 Å². The van der Waals surface area contributed by atoms with E-state index in [2.05, 4.69) is 5.32 Å². The van der Waals surface area contributed by atoms with Crippen LogP contribution in [0.1, 0.15) is 15.9 Å². The van der Waals surface area contributed by atoms with Crippen LogP contribution in [0.4, 0.5) is 11.4 Å². The van der Waals surface area contributed by atoms with E-state index >= 15 is 0 Å². The molecule has 1 amide bonds. The molecule has 0 saturated heterocycles. The van der Waals surface area contributed by atoms with Crippen LogP contribution in [0.3, 0.4) is 0 Å². The fraction of sp³-hybridized carbons (Fsp3) is 0.222. The average Bonchev–Trinajstić information content (AvgIpc) is 3.03. The molecular formula is C18H18N2O3. The van der Waals surface area contributed by atoms with Gasteiger partial charge in [-0.15, -0.1) is 0 Å². The van der Waals surface area contributed by atoms with Crippen LogP contribution in [0.2, 0.25) is 0 Å². The minimum Gasteiger partial charge on any atom is -0.452 e.